The summed E-state index contributed by atoms with van der Waals surface area (Å²) < 4.78 is 7.41. The molecule has 0 amide bonds. The van der Waals surface area contributed by atoms with Crippen LogP contribution in [0.4, 0.5) is 0 Å². The van der Waals surface area contributed by atoms with Crippen molar-refractivity contribution in [3.8, 4) is 16.9 Å². The lowest BCUT2D eigenvalue weighted by atomic mass is 9.91. The van der Waals surface area contributed by atoms with Crippen molar-refractivity contribution in [2.75, 3.05) is 13.7 Å². The molecule has 1 fully saturated rings. The van der Waals surface area contributed by atoms with Gasteiger partial charge in [-0.1, -0.05) is 30.3 Å². The molecule has 2 aromatic heterocycles. The summed E-state index contributed by atoms with van der Waals surface area (Å²) in [6.45, 7) is 2.63. The Bertz CT molecular complexity index is 1290. The normalized spacial score (nSPS) is 19.0. The number of nitrogens with one attached hydrogen (secondary N) is 1. The van der Waals surface area contributed by atoms with Crippen LogP contribution in [0.15, 0.2) is 48.7 Å². The number of hydrogen-bond acceptors (Lipinski definition) is 5. The molecule has 2 aromatic carbocycles. The lowest BCUT2D eigenvalue weighted by Crippen LogP contribution is -2.43. The standard InChI is InChI=1S/C24H24N4O3/c1-14-11-21(15-9-10-20(24(29)30)25-12-15)27-23-19(13-26-28(14)23)17-5-3-7-18-16(17)6-4-8-22(18)31-2/h3-8,11,13,15,20,25H,9-10,12H2,1-2H3,(H,29,30). The fraction of sp³-hybridized carbons (Fsp3) is 0.292. The first-order valence-corrected chi connectivity index (χ1v) is 10.4. The molecule has 4 aromatic rings. The third kappa shape index (κ3) is 3.31. The van der Waals surface area contributed by atoms with Gasteiger partial charge in [0, 0.05) is 34.8 Å². The van der Waals surface area contributed by atoms with Crippen molar-refractivity contribution in [3.05, 3.63) is 60.0 Å². The second-order valence-corrected chi connectivity index (χ2v) is 8.05. The first-order valence-electron chi connectivity index (χ1n) is 10.4. The predicted molar refractivity (Wildman–Crippen MR) is 119 cm³/mol. The van der Waals surface area contributed by atoms with Crippen LogP contribution in [0.3, 0.4) is 0 Å². The number of carboxylic acids is 1. The van der Waals surface area contributed by atoms with Gasteiger partial charge in [-0.2, -0.15) is 5.10 Å². The minimum absolute atomic E-state index is 0.176. The number of aromatic nitrogens is 3. The smallest absolute Gasteiger partial charge is 0.320 e. The van der Waals surface area contributed by atoms with Crippen LogP contribution in [0.5, 0.6) is 5.75 Å². The quantitative estimate of drug-likeness (QED) is 0.526. The number of nitrogens with zero attached hydrogens (tertiary/aromatic N) is 3. The van der Waals surface area contributed by atoms with Crippen LogP contribution in [0.1, 0.15) is 30.1 Å². The number of methoxy groups -OCH3 is 1. The predicted octanol–water partition coefficient (Wildman–Crippen LogP) is 3.79. The summed E-state index contributed by atoms with van der Waals surface area (Å²) in [6, 6.07) is 13.8. The van der Waals surface area contributed by atoms with Crippen LogP contribution in [0.25, 0.3) is 27.5 Å². The van der Waals surface area contributed by atoms with Gasteiger partial charge in [-0.05, 0) is 42.8 Å². The summed E-state index contributed by atoms with van der Waals surface area (Å²) >= 11 is 0. The van der Waals surface area contributed by atoms with Crippen LogP contribution in [-0.2, 0) is 4.79 Å². The highest BCUT2D eigenvalue weighted by Crippen LogP contribution is 2.35. The maximum atomic E-state index is 11.2. The molecule has 0 aliphatic carbocycles. The van der Waals surface area contributed by atoms with E-state index < -0.39 is 12.0 Å². The monoisotopic (exact) mass is 416 g/mol. The first kappa shape index (κ1) is 19.5. The van der Waals surface area contributed by atoms with Gasteiger partial charge in [0.15, 0.2) is 5.65 Å². The molecule has 1 saturated heterocycles. The third-order valence-electron chi connectivity index (χ3n) is 6.19. The SMILES string of the molecule is COc1cccc2c(-c3cnn4c(C)cc(C5CCC(C(=O)O)NC5)nc34)cccc12. The summed E-state index contributed by atoms with van der Waals surface area (Å²) in [4.78, 5) is 16.2. The molecular formula is C24H24N4O3. The maximum Gasteiger partial charge on any atom is 0.320 e. The summed E-state index contributed by atoms with van der Waals surface area (Å²) in [5.41, 5.74) is 4.81. The largest absolute Gasteiger partial charge is 0.496 e. The van der Waals surface area contributed by atoms with E-state index in [0.29, 0.717) is 13.0 Å². The third-order valence-corrected chi connectivity index (χ3v) is 6.19. The van der Waals surface area contributed by atoms with Crippen molar-refractivity contribution < 1.29 is 14.6 Å². The lowest BCUT2D eigenvalue weighted by molar-refractivity contribution is -0.140. The van der Waals surface area contributed by atoms with Crippen molar-refractivity contribution in [2.24, 2.45) is 0 Å². The number of carbonyl (C=O) groups is 1. The zero-order valence-electron chi connectivity index (χ0n) is 17.5. The Morgan fingerprint density at radius 3 is 2.71 bits per heavy atom. The number of piperidine rings is 1. The molecule has 0 radical (unpaired) electrons. The number of carboxylic acid groups (broad SMARTS) is 1. The Labute approximate surface area is 179 Å². The average molecular weight is 416 g/mol. The van der Waals surface area contributed by atoms with Gasteiger partial charge in [0.25, 0.3) is 0 Å². The number of benzene rings is 2. The Hall–Kier alpha value is -3.45. The number of ether oxygens (including phenoxy) is 1. The molecule has 7 heteroatoms. The molecule has 2 unspecified atom stereocenters. The highest BCUT2D eigenvalue weighted by Gasteiger charge is 2.27. The van der Waals surface area contributed by atoms with Gasteiger partial charge in [0.05, 0.1) is 13.3 Å². The van der Waals surface area contributed by atoms with Gasteiger partial charge in [-0.3, -0.25) is 4.79 Å². The van der Waals surface area contributed by atoms with E-state index in [1.165, 1.54) is 0 Å². The molecule has 5 rings (SSSR count). The summed E-state index contributed by atoms with van der Waals surface area (Å²) in [6.07, 6.45) is 3.26. The van der Waals surface area contributed by atoms with Crippen molar-refractivity contribution in [2.45, 2.75) is 31.7 Å². The zero-order valence-corrected chi connectivity index (χ0v) is 17.5. The highest BCUT2D eigenvalue weighted by molar-refractivity contribution is 6.02. The average Bonchev–Trinajstić information content (AvgIpc) is 3.22. The number of rotatable bonds is 4. The van der Waals surface area contributed by atoms with Crippen molar-refractivity contribution in [1.29, 1.82) is 0 Å². The summed E-state index contributed by atoms with van der Waals surface area (Å²) in [5, 5.41) is 19.1. The molecular weight excluding hydrogens is 392 g/mol. The van der Waals surface area contributed by atoms with E-state index in [2.05, 4.69) is 34.7 Å². The number of aliphatic carboxylic acids is 1. The van der Waals surface area contributed by atoms with Crippen LogP contribution < -0.4 is 10.1 Å². The van der Waals surface area contributed by atoms with E-state index in [0.717, 1.165) is 51.1 Å². The summed E-state index contributed by atoms with van der Waals surface area (Å²) in [7, 11) is 1.68. The lowest BCUT2D eigenvalue weighted by Gasteiger charge is -2.27. The van der Waals surface area contributed by atoms with Gasteiger partial charge in [0.1, 0.15) is 11.8 Å². The molecule has 31 heavy (non-hydrogen) atoms. The molecule has 3 heterocycles. The number of fused-ring (bicyclic) bond motifs is 2. The van der Waals surface area contributed by atoms with Crippen LogP contribution in [0, 0.1) is 6.92 Å². The van der Waals surface area contributed by atoms with E-state index in [1.54, 1.807) is 7.11 Å². The maximum absolute atomic E-state index is 11.2. The highest BCUT2D eigenvalue weighted by atomic mass is 16.5. The minimum atomic E-state index is -0.789. The van der Waals surface area contributed by atoms with E-state index in [-0.39, 0.29) is 5.92 Å². The van der Waals surface area contributed by atoms with Gasteiger partial charge < -0.3 is 15.2 Å². The van der Waals surface area contributed by atoms with Gasteiger partial charge in [-0.25, -0.2) is 9.50 Å². The zero-order chi connectivity index (χ0) is 21.5. The molecule has 7 nitrogen and oxygen atoms in total. The van der Waals surface area contributed by atoms with Crippen LogP contribution in [0.2, 0.25) is 0 Å². The second kappa shape index (κ2) is 7.67. The fourth-order valence-electron chi connectivity index (χ4n) is 4.55. The number of aryl methyl sites for hydroxylation is 1. The van der Waals surface area contributed by atoms with Gasteiger partial charge in [0.2, 0.25) is 0 Å². The fourth-order valence-corrected chi connectivity index (χ4v) is 4.55. The molecule has 1 aliphatic heterocycles. The van der Waals surface area contributed by atoms with Crippen molar-refractivity contribution in [3.63, 3.8) is 0 Å². The van der Waals surface area contributed by atoms with E-state index in [9.17, 15) is 9.90 Å². The Morgan fingerprint density at radius 2 is 1.97 bits per heavy atom. The number of hydrogen-bond donors (Lipinski definition) is 2. The van der Waals surface area contributed by atoms with Crippen LogP contribution >= 0.6 is 0 Å². The minimum Gasteiger partial charge on any atom is -0.496 e. The second-order valence-electron chi connectivity index (χ2n) is 8.05. The Balaban J connectivity index is 1.61. The topological polar surface area (TPSA) is 88.8 Å². The van der Waals surface area contributed by atoms with E-state index in [1.807, 2.05) is 35.8 Å². The molecule has 2 N–H and O–H groups in total. The van der Waals surface area contributed by atoms with Gasteiger partial charge in [-0.15, -0.1) is 0 Å². The molecule has 158 valence electrons. The molecule has 1 aliphatic rings. The van der Waals surface area contributed by atoms with E-state index in [4.69, 9.17) is 9.72 Å². The molecule has 0 saturated carbocycles. The van der Waals surface area contributed by atoms with Crippen LogP contribution in [-0.4, -0.2) is 45.4 Å². The Morgan fingerprint density at radius 1 is 1.16 bits per heavy atom. The van der Waals surface area contributed by atoms with Crippen molar-refractivity contribution in [1.82, 2.24) is 19.9 Å². The van der Waals surface area contributed by atoms with E-state index >= 15 is 0 Å². The first-order chi connectivity index (χ1) is 15.1. The van der Waals surface area contributed by atoms with Gasteiger partial charge >= 0.3 is 5.97 Å². The van der Waals surface area contributed by atoms with Crippen molar-refractivity contribution >= 4 is 22.4 Å². The molecule has 0 bridgehead atoms. The molecule has 2 atom stereocenters. The molecule has 0 spiro atoms. The summed E-state index contributed by atoms with van der Waals surface area (Å²) in [5.74, 6) is 0.221. The Kier molecular flexibility index (Phi) is 4.82.